The van der Waals surface area contributed by atoms with E-state index in [-0.39, 0.29) is 17.5 Å². The van der Waals surface area contributed by atoms with Crippen LogP contribution in [-0.2, 0) is 4.79 Å². The number of carbonyl (C=O) groups excluding carboxylic acids is 1. The molecule has 1 aliphatic heterocycles. The molecule has 0 spiro atoms. The van der Waals surface area contributed by atoms with Crippen LogP contribution in [0.5, 0.6) is 5.88 Å². The van der Waals surface area contributed by atoms with Crippen molar-refractivity contribution >= 4 is 33.8 Å². The lowest BCUT2D eigenvalue weighted by atomic mass is 9.73. The number of benzene rings is 1. The molecule has 3 aromatic heterocycles. The maximum Gasteiger partial charge on any atom is 0.228 e. The van der Waals surface area contributed by atoms with E-state index in [0.717, 1.165) is 53.2 Å². The first-order chi connectivity index (χ1) is 16.0. The average Bonchev–Trinajstić information content (AvgIpc) is 3.43. The van der Waals surface area contributed by atoms with Crippen molar-refractivity contribution in [1.29, 1.82) is 0 Å². The van der Waals surface area contributed by atoms with Crippen LogP contribution in [0, 0.1) is 0 Å². The number of nitrogens with one attached hydrogen (secondary N) is 2. The molecule has 1 saturated heterocycles. The molecule has 9 heteroatoms. The van der Waals surface area contributed by atoms with Crippen molar-refractivity contribution < 1.29 is 9.53 Å². The Hall–Kier alpha value is -3.75. The number of aromatic amines is 1. The van der Waals surface area contributed by atoms with Crippen LogP contribution in [-0.4, -0.2) is 61.2 Å². The smallest absolute Gasteiger partial charge is 0.228 e. The van der Waals surface area contributed by atoms with Gasteiger partial charge in [0.2, 0.25) is 17.7 Å². The summed E-state index contributed by atoms with van der Waals surface area (Å²) in [4.78, 5) is 26.8. The predicted octanol–water partition coefficient (Wildman–Crippen LogP) is 3.53. The van der Waals surface area contributed by atoms with Gasteiger partial charge in [0.15, 0.2) is 0 Å². The van der Waals surface area contributed by atoms with Crippen LogP contribution in [0.1, 0.15) is 32.6 Å². The van der Waals surface area contributed by atoms with Gasteiger partial charge in [-0.25, -0.2) is 0 Å². The number of H-pyrrole nitrogens is 1. The van der Waals surface area contributed by atoms with Crippen LogP contribution in [0.4, 0.5) is 5.95 Å². The van der Waals surface area contributed by atoms with Gasteiger partial charge in [0.1, 0.15) is 5.65 Å². The summed E-state index contributed by atoms with van der Waals surface area (Å²) < 4.78 is 5.66. The highest BCUT2D eigenvalue weighted by atomic mass is 16.5. The fourth-order valence-corrected chi connectivity index (χ4v) is 5.32. The fourth-order valence-electron chi connectivity index (χ4n) is 5.32. The quantitative estimate of drug-likeness (QED) is 0.486. The van der Waals surface area contributed by atoms with Crippen LogP contribution >= 0.6 is 0 Å². The van der Waals surface area contributed by atoms with Crippen LogP contribution in [0.15, 0.2) is 36.7 Å². The summed E-state index contributed by atoms with van der Waals surface area (Å²) in [6.07, 6.45) is 7.03. The second kappa shape index (κ2) is 7.40. The Kier molecular flexibility index (Phi) is 4.46. The molecule has 9 nitrogen and oxygen atoms in total. The third-order valence-corrected chi connectivity index (χ3v) is 6.95. The topological polar surface area (TPSA) is 109 Å². The zero-order chi connectivity index (χ0) is 22.6. The highest BCUT2D eigenvalue weighted by Crippen LogP contribution is 2.42. The van der Waals surface area contributed by atoms with Gasteiger partial charge in [-0.1, -0.05) is 6.07 Å². The molecule has 0 atom stereocenters. The number of fused-ring (bicyclic) bond motifs is 2. The molecule has 33 heavy (non-hydrogen) atoms. The Morgan fingerprint density at radius 2 is 2.12 bits per heavy atom. The lowest BCUT2D eigenvalue weighted by Gasteiger charge is -2.51. The van der Waals surface area contributed by atoms with Crippen molar-refractivity contribution in [2.24, 2.45) is 0 Å². The minimum atomic E-state index is -0.0699. The molecule has 1 aromatic carbocycles. The normalized spacial score (nSPS) is 22.7. The molecule has 2 N–H and O–H groups in total. The third kappa shape index (κ3) is 3.26. The van der Waals surface area contributed by atoms with Crippen LogP contribution in [0.25, 0.3) is 33.1 Å². The summed E-state index contributed by atoms with van der Waals surface area (Å²) in [5.74, 6) is 1.32. The van der Waals surface area contributed by atoms with Gasteiger partial charge in [-0.05, 0) is 49.9 Å². The Morgan fingerprint density at radius 3 is 2.91 bits per heavy atom. The first-order valence-corrected chi connectivity index (χ1v) is 11.3. The van der Waals surface area contributed by atoms with Gasteiger partial charge in [0.25, 0.3) is 0 Å². The molecular weight excluding hydrogens is 418 g/mol. The van der Waals surface area contributed by atoms with Gasteiger partial charge in [-0.2, -0.15) is 20.2 Å². The predicted molar refractivity (Wildman–Crippen MR) is 125 cm³/mol. The first-order valence-electron chi connectivity index (χ1n) is 11.3. The first kappa shape index (κ1) is 19.9. The van der Waals surface area contributed by atoms with Crippen molar-refractivity contribution in [2.45, 2.75) is 44.2 Å². The monoisotopic (exact) mass is 443 g/mol. The minimum Gasteiger partial charge on any atom is -0.480 e. The molecule has 1 aliphatic carbocycles. The lowest BCUT2D eigenvalue weighted by Crippen LogP contribution is -2.59. The summed E-state index contributed by atoms with van der Waals surface area (Å²) in [5.41, 5.74) is 3.48. The molecule has 0 unspecified atom stereocenters. The zero-order valence-electron chi connectivity index (χ0n) is 18.6. The van der Waals surface area contributed by atoms with E-state index in [1.165, 1.54) is 0 Å². The number of hydrogen-bond acceptors (Lipinski definition) is 7. The molecule has 4 aromatic rings. The maximum atomic E-state index is 12.2. The van der Waals surface area contributed by atoms with Crippen LogP contribution in [0.3, 0.4) is 0 Å². The third-order valence-electron chi connectivity index (χ3n) is 6.95. The van der Waals surface area contributed by atoms with Crippen molar-refractivity contribution in [3.8, 4) is 17.0 Å². The Morgan fingerprint density at radius 1 is 1.24 bits per heavy atom. The number of anilines is 1. The van der Waals surface area contributed by atoms with Gasteiger partial charge in [0, 0.05) is 41.7 Å². The number of likely N-dealkylation sites (tertiary alicyclic amines) is 1. The molecule has 2 aliphatic rings. The van der Waals surface area contributed by atoms with E-state index in [2.05, 4.69) is 38.5 Å². The van der Waals surface area contributed by atoms with Gasteiger partial charge < -0.3 is 19.9 Å². The summed E-state index contributed by atoms with van der Waals surface area (Å²) >= 11 is 0. The molecule has 168 valence electrons. The molecule has 6 rings (SSSR count). The number of carbonyl (C=O) groups is 1. The number of nitrogens with zero attached hydrogens (tertiary/aromatic N) is 5. The standard InChI is InChI=1S/C24H25N7O2/c1-24(31-9-3-4-19(31)32)11-16(12-24)27-23-28-21-20(22(29-23)33-2)17(13-25-21)14-5-6-18-15(10-14)7-8-26-30-18/h5-8,10,13,16H,3-4,9,11-12H2,1-2H3,(H2,25,27,28,29)/t16-,24+. The van der Waals surface area contributed by atoms with Crippen molar-refractivity contribution in [1.82, 2.24) is 30.0 Å². The minimum absolute atomic E-state index is 0.0699. The van der Waals surface area contributed by atoms with Crippen molar-refractivity contribution in [2.75, 3.05) is 19.0 Å². The van der Waals surface area contributed by atoms with E-state index in [0.29, 0.717) is 23.9 Å². The van der Waals surface area contributed by atoms with E-state index >= 15 is 0 Å². The van der Waals surface area contributed by atoms with E-state index in [4.69, 9.17) is 9.72 Å². The summed E-state index contributed by atoms with van der Waals surface area (Å²) in [5, 5.41) is 13.4. The van der Waals surface area contributed by atoms with E-state index in [1.54, 1.807) is 13.3 Å². The Bertz CT molecular complexity index is 1380. The van der Waals surface area contributed by atoms with Gasteiger partial charge >= 0.3 is 0 Å². The van der Waals surface area contributed by atoms with Crippen LogP contribution < -0.4 is 10.1 Å². The molecule has 0 radical (unpaired) electrons. The second-order valence-electron chi connectivity index (χ2n) is 9.18. The van der Waals surface area contributed by atoms with Crippen LogP contribution in [0.2, 0.25) is 0 Å². The van der Waals surface area contributed by atoms with Crippen molar-refractivity contribution in [3.63, 3.8) is 0 Å². The van der Waals surface area contributed by atoms with Gasteiger partial charge in [-0.15, -0.1) is 0 Å². The number of ether oxygens (including phenoxy) is 1. The second-order valence-corrected chi connectivity index (χ2v) is 9.18. The number of rotatable bonds is 5. The molecule has 4 heterocycles. The summed E-state index contributed by atoms with van der Waals surface area (Å²) in [7, 11) is 1.62. The molecular formula is C24H25N7O2. The number of methoxy groups -OCH3 is 1. The highest BCUT2D eigenvalue weighted by Gasteiger charge is 2.48. The summed E-state index contributed by atoms with van der Waals surface area (Å²) in [6, 6.07) is 8.21. The average molecular weight is 444 g/mol. The molecule has 1 saturated carbocycles. The maximum absolute atomic E-state index is 12.2. The number of hydrogen-bond donors (Lipinski definition) is 2. The highest BCUT2D eigenvalue weighted by molar-refractivity contribution is 5.99. The Labute approximate surface area is 190 Å². The molecule has 1 amide bonds. The van der Waals surface area contributed by atoms with Gasteiger partial charge in [-0.3, -0.25) is 4.79 Å². The number of aromatic nitrogens is 5. The van der Waals surface area contributed by atoms with E-state index in [1.807, 2.05) is 29.3 Å². The zero-order valence-corrected chi connectivity index (χ0v) is 18.6. The van der Waals surface area contributed by atoms with E-state index in [9.17, 15) is 4.79 Å². The van der Waals surface area contributed by atoms with Crippen molar-refractivity contribution in [3.05, 3.63) is 36.7 Å². The number of amides is 1. The SMILES string of the molecule is COc1nc(N[C@H]2C[C@@](C)(N3CCCC3=O)C2)nc2[nH]cc(-c3ccc4nnccc4c3)c12. The van der Waals surface area contributed by atoms with Gasteiger partial charge in [0.05, 0.1) is 24.2 Å². The molecule has 0 bridgehead atoms. The fraction of sp³-hybridized carbons (Fsp3) is 0.375. The molecule has 2 fully saturated rings. The summed E-state index contributed by atoms with van der Waals surface area (Å²) in [6.45, 7) is 3.04. The Balaban J connectivity index is 1.27. The van der Waals surface area contributed by atoms with E-state index < -0.39 is 0 Å². The largest absolute Gasteiger partial charge is 0.480 e. The lowest BCUT2D eigenvalue weighted by molar-refractivity contribution is -0.136.